The highest BCUT2D eigenvalue weighted by atomic mass is 16.6. The third-order valence-electron chi connectivity index (χ3n) is 6.69. The average Bonchev–Trinajstić information content (AvgIpc) is 2.93. The summed E-state index contributed by atoms with van der Waals surface area (Å²) in [5, 5.41) is 98.5. The summed E-state index contributed by atoms with van der Waals surface area (Å²) in [6, 6.07) is 4.49. The largest absolute Gasteiger partial charge is 0.504 e. The van der Waals surface area contributed by atoms with E-state index in [9.17, 15) is 65.4 Å². The molecule has 1 aliphatic carbocycles. The van der Waals surface area contributed by atoms with Crippen molar-refractivity contribution in [3.05, 3.63) is 53.1 Å². The Labute approximate surface area is 246 Å². The number of hydrogen-bond donors (Lipinski definition) is 10. The fraction of sp³-hybridized carbons (Fsp3) is 0.250. The number of carbonyl (C=O) groups excluding carboxylic acids is 3. The number of phenols is 9. The van der Waals surface area contributed by atoms with Gasteiger partial charge in [-0.1, -0.05) is 0 Å². The van der Waals surface area contributed by atoms with Crippen LogP contribution in [-0.4, -0.2) is 92.9 Å². The molecule has 0 aliphatic heterocycles. The third kappa shape index (κ3) is 6.34. The molecule has 0 amide bonds. The molecule has 2 unspecified atom stereocenters. The highest BCUT2D eigenvalue weighted by Crippen LogP contribution is 2.40. The van der Waals surface area contributed by atoms with Crippen LogP contribution < -0.4 is 0 Å². The minimum Gasteiger partial charge on any atom is -0.504 e. The van der Waals surface area contributed by atoms with E-state index in [1.165, 1.54) is 6.92 Å². The first-order valence-corrected chi connectivity index (χ1v) is 12.6. The van der Waals surface area contributed by atoms with Crippen molar-refractivity contribution in [2.45, 2.75) is 43.7 Å². The number of aliphatic hydroxyl groups is 1. The van der Waals surface area contributed by atoms with Crippen LogP contribution in [0.15, 0.2) is 36.4 Å². The first kappa shape index (κ1) is 31.2. The zero-order valence-corrected chi connectivity index (χ0v) is 22.5. The van der Waals surface area contributed by atoms with Gasteiger partial charge < -0.3 is 65.3 Å². The quantitative estimate of drug-likeness (QED) is 0.107. The Bertz CT molecular complexity index is 1490. The molecule has 1 aliphatic rings. The Morgan fingerprint density at radius 2 is 0.795 bits per heavy atom. The van der Waals surface area contributed by atoms with Crippen LogP contribution in [0.3, 0.4) is 0 Å². The Kier molecular flexibility index (Phi) is 8.14. The predicted octanol–water partition coefficient (Wildman–Crippen LogP) is 1.56. The van der Waals surface area contributed by atoms with Crippen LogP contribution >= 0.6 is 0 Å². The van der Waals surface area contributed by atoms with Crippen LogP contribution in [0.4, 0.5) is 0 Å². The van der Waals surface area contributed by atoms with Crippen molar-refractivity contribution in [3.63, 3.8) is 0 Å². The number of ether oxygens (including phenoxy) is 3. The van der Waals surface area contributed by atoms with Gasteiger partial charge in [0.25, 0.3) is 0 Å². The van der Waals surface area contributed by atoms with Crippen LogP contribution in [-0.2, 0) is 14.2 Å². The first-order valence-electron chi connectivity index (χ1n) is 12.6. The molecule has 10 N–H and O–H groups in total. The van der Waals surface area contributed by atoms with E-state index in [0.29, 0.717) is 0 Å². The second kappa shape index (κ2) is 11.5. The van der Waals surface area contributed by atoms with Crippen LogP contribution in [0.2, 0.25) is 0 Å². The molecule has 0 spiro atoms. The molecule has 234 valence electrons. The molecule has 16 heteroatoms. The topological polar surface area (TPSA) is 281 Å². The summed E-state index contributed by atoms with van der Waals surface area (Å²) >= 11 is 0. The summed E-state index contributed by atoms with van der Waals surface area (Å²) in [4.78, 5) is 39.1. The summed E-state index contributed by atoms with van der Waals surface area (Å²) in [6.07, 6.45) is -5.84. The van der Waals surface area contributed by atoms with E-state index in [4.69, 9.17) is 14.2 Å². The third-order valence-corrected chi connectivity index (χ3v) is 6.69. The van der Waals surface area contributed by atoms with Crippen molar-refractivity contribution in [2.24, 2.45) is 0 Å². The lowest BCUT2D eigenvalue weighted by molar-refractivity contribution is -0.155. The Balaban J connectivity index is 1.71. The maximum Gasteiger partial charge on any atom is 0.338 e. The second-order valence-corrected chi connectivity index (χ2v) is 10.3. The maximum atomic E-state index is 13.1. The Morgan fingerprint density at radius 3 is 1.07 bits per heavy atom. The molecule has 3 aromatic rings. The van der Waals surface area contributed by atoms with E-state index in [-0.39, 0.29) is 0 Å². The lowest BCUT2D eigenvalue weighted by Gasteiger charge is -2.42. The molecule has 16 nitrogen and oxygen atoms in total. The molecule has 0 bridgehead atoms. The lowest BCUT2D eigenvalue weighted by atomic mass is 9.80. The van der Waals surface area contributed by atoms with E-state index in [2.05, 4.69) is 0 Å². The van der Waals surface area contributed by atoms with Crippen LogP contribution in [0.1, 0.15) is 50.8 Å². The Hall–Kier alpha value is -5.77. The number of rotatable bonds is 6. The van der Waals surface area contributed by atoms with Gasteiger partial charge in [0.2, 0.25) is 0 Å². The molecule has 0 saturated heterocycles. The van der Waals surface area contributed by atoms with Gasteiger partial charge >= 0.3 is 17.9 Å². The average molecular weight is 619 g/mol. The van der Waals surface area contributed by atoms with Crippen LogP contribution in [0.25, 0.3) is 0 Å². The zero-order valence-electron chi connectivity index (χ0n) is 22.5. The van der Waals surface area contributed by atoms with Crippen LogP contribution in [0, 0.1) is 0 Å². The highest BCUT2D eigenvalue weighted by Gasteiger charge is 2.49. The molecular weight excluding hydrogens is 592 g/mol. The van der Waals surface area contributed by atoms with Crippen molar-refractivity contribution in [2.75, 3.05) is 0 Å². The summed E-state index contributed by atoms with van der Waals surface area (Å²) in [7, 11) is 0. The van der Waals surface area contributed by atoms with Gasteiger partial charge in [0.05, 0.1) is 22.3 Å². The SMILES string of the molecule is CC1(O)CC(OC(=O)c2cc(O)c(O)c(O)c2)C(OC(=O)c2cc(O)c(O)c(O)c2)C(OC(=O)c2cc(O)c(O)c(O)c2)C1. The minimum absolute atomic E-state index is 0.437. The molecule has 0 radical (unpaired) electrons. The first-order chi connectivity index (χ1) is 20.5. The number of benzene rings is 3. The highest BCUT2D eigenvalue weighted by molar-refractivity contribution is 5.93. The number of carbonyl (C=O) groups is 3. The van der Waals surface area contributed by atoms with Crippen molar-refractivity contribution in [3.8, 4) is 51.7 Å². The van der Waals surface area contributed by atoms with Gasteiger partial charge in [0, 0.05) is 12.8 Å². The lowest BCUT2D eigenvalue weighted by Crippen LogP contribution is -2.55. The number of phenolic OH excluding ortho intramolecular Hbond substituents is 9. The number of aromatic hydroxyl groups is 9. The fourth-order valence-corrected chi connectivity index (χ4v) is 4.56. The normalized spacial score (nSPS) is 21.3. The van der Waals surface area contributed by atoms with Crippen molar-refractivity contribution in [1.82, 2.24) is 0 Å². The monoisotopic (exact) mass is 618 g/mol. The molecule has 3 aromatic carbocycles. The van der Waals surface area contributed by atoms with Gasteiger partial charge in [0.1, 0.15) is 12.2 Å². The van der Waals surface area contributed by atoms with Gasteiger partial charge in [-0.2, -0.15) is 0 Å². The van der Waals surface area contributed by atoms with Gasteiger partial charge in [-0.15, -0.1) is 0 Å². The second-order valence-electron chi connectivity index (χ2n) is 10.3. The van der Waals surface area contributed by atoms with Crippen molar-refractivity contribution in [1.29, 1.82) is 0 Å². The number of hydrogen-bond acceptors (Lipinski definition) is 16. The smallest absolute Gasteiger partial charge is 0.338 e. The molecule has 0 aromatic heterocycles. The maximum absolute atomic E-state index is 13.1. The predicted molar refractivity (Wildman–Crippen MR) is 142 cm³/mol. The molecule has 0 heterocycles. The van der Waals surface area contributed by atoms with Gasteiger partial charge in [-0.25, -0.2) is 14.4 Å². The molecule has 4 rings (SSSR count). The summed E-state index contributed by atoms with van der Waals surface area (Å²) in [5.41, 5.74) is -3.23. The van der Waals surface area contributed by atoms with Crippen LogP contribution in [0.5, 0.6) is 51.7 Å². The standard InChI is InChI=1S/C28H26O16/c1-28(41)8-19(42-25(38)10-2-13(29)21(35)14(30)3-10)24(44-27(40)12-6-17(33)23(37)18(34)7-12)20(9-28)43-26(39)11-4-15(31)22(36)16(32)5-11/h2-7,19-20,24,29-37,41H,8-9H2,1H3. The summed E-state index contributed by atoms with van der Waals surface area (Å²) in [5.74, 6) is -11.9. The molecule has 1 saturated carbocycles. The number of esters is 3. The summed E-state index contributed by atoms with van der Waals surface area (Å²) < 4.78 is 16.3. The summed E-state index contributed by atoms with van der Waals surface area (Å²) in [6.45, 7) is 1.28. The zero-order chi connectivity index (χ0) is 32.7. The van der Waals surface area contributed by atoms with Gasteiger partial charge in [-0.05, 0) is 43.3 Å². The van der Waals surface area contributed by atoms with E-state index in [1.54, 1.807) is 0 Å². The van der Waals surface area contributed by atoms with Crippen molar-refractivity contribution >= 4 is 17.9 Å². The fourth-order valence-electron chi connectivity index (χ4n) is 4.56. The van der Waals surface area contributed by atoms with E-state index in [1.807, 2.05) is 0 Å². The van der Waals surface area contributed by atoms with Gasteiger partial charge in [0.15, 0.2) is 57.8 Å². The minimum atomic E-state index is -1.76. The van der Waals surface area contributed by atoms with Gasteiger partial charge in [-0.3, -0.25) is 0 Å². The molecule has 2 atom stereocenters. The Morgan fingerprint density at radius 1 is 0.545 bits per heavy atom. The van der Waals surface area contributed by atoms with E-state index >= 15 is 0 Å². The molecular formula is C28H26O16. The molecule has 44 heavy (non-hydrogen) atoms. The van der Waals surface area contributed by atoms with E-state index in [0.717, 1.165) is 36.4 Å². The van der Waals surface area contributed by atoms with Crippen molar-refractivity contribution < 1.29 is 79.7 Å². The molecule has 1 fully saturated rings. The van der Waals surface area contributed by atoms with E-state index < -0.39 is 123 Å².